The summed E-state index contributed by atoms with van der Waals surface area (Å²) in [5.41, 5.74) is 1.69. The summed E-state index contributed by atoms with van der Waals surface area (Å²) in [5, 5.41) is 9.57. The molecule has 4 heteroatoms. The zero-order chi connectivity index (χ0) is 12.8. The molecule has 1 N–H and O–H groups in total. The van der Waals surface area contributed by atoms with E-state index in [2.05, 4.69) is 4.74 Å². The van der Waals surface area contributed by atoms with Crippen LogP contribution in [0.15, 0.2) is 24.3 Å². The van der Waals surface area contributed by atoms with Crippen LogP contribution in [0.3, 0.4) is 0 Å². The summed E-state index contributed by atoms with van der Waals surface area (Å²) < 4.78 is 4.63. The Morgan fingerprint density at radius 1 is 1.35 bits per heavy atom. The maximum atomic E-state index is 11.2. The van der Waals surface area contributed by atoms with Gasteiger partial charge in [-0.15, -0.1) is 0 Å². The molecule has 0 fully saturated rings. The summed E-state index contributed by atoms with van der Waals surface area (Å²) in [6.45, 7) is 3.79. The average molecular weight is 254 g/mol. The predicted octanol–water partition coefficient (Wildman–Crippen LogP) is 2.48. The van der Waals surface area contributed by atoms with Gasteiger partial charge in [0.1, 0.15) is 0 Å². The summed E-state index contributed by atoms with van der Waals surface area (Å²) in [7, 11) is 1.37. The highest BCUT2D eigenvalue weighted by Crippen LogP contribution is 2.20. The summed E-state index contributed by atoms with van der Waals surface area (Å²) in [6, 6.07) is 7.34. The molecular formula is C13H18O3S. The first-order valence-corrected chi connectivity index (χ1v) is 6.56. The van der Waals surface area contributed by atoms with Gasteiger partial charge < -0.3 is 9.84 Å². The molecule has 17 heavy (non-hydrogen) atoms. The van der Waals surface area contributed by atoms with Crippen LogP contribution in [0.4, 0.5) is 0 Å². The molecular weight excluding hydrogens is 236 g/mol. The lowest BCUT2D eigenvalue weighted by Gasteiger charge is -2.13. The monoisotopic (exact) mass is 254 g/mol. The minimum Gasteiger partial charge on any atom is -0.465 e. The number of rotatable bonds is 5. The Morgan fingerprint density at radius 3 is 2.41 bits per heavy atom. The van der Waals surface area contributed by atoms with E-state index in [1.807, 2.05) is 19.1 Å². The summed E-state index contributed by atoms with van der Waals surface area (Å²) in [5.74, 6) is 0.509. The molecule has 2 atom stereocenters. The molecule has 1 rings (SSSR count). The third-order valence-corrected chi connectivity index (χ3v) is 3.99. The number of methoxy groups -OCH3 is 1. The van der Waals surface area contributed by atoms with E-state index in [0.29, 0.717) is 5.56 Å². The van der Waals surface area contributed by atoms with Gasteiger partial charge in [-0.3, -0.25) is 0 Å². The molecule has 0 aliphatic heterocycles. The number of hydrogen-bond donors (Lipinski definition) is 1. The minimum absolute atomic E-state index is 0.204. The fourth-order valence-electron chi connectivity index (χ4n) is 1.22. The lowest BCUT2D eigenvalue weighted by molar-refractivity contribution is 0.0600. The van der Waals surface area contributed by atoms with Gasteiger partial charge in [-0.2, -0.15) is 11.8 Å². The Labute approximate surface area is 106 Å². The van der Waals surface area contributed by atoms with Crippen molar-refractivity contribution in [3.05, 3.63) is 35.4 Å². The normalized spacial score (nSPS) is 14.1. The van der Waals surface area contributed by atoms with Crippen molar-refractivity contribution in [2.45, 2.75) is 31.0 Å². The van der Waals surface area contributed by atoms with E-state index in [4.69, 9.17) is 0 Å². The fraction of sp³-hybridized carbons (Fsp3) is 0.462. The van der Waals surface area contributed by atoms with Gasteiger partial charge in [0.05, 0.1) is 18.8 Å². The SMILES string of the molecule is COC(=O)c1ccc(CSC(C)C(C)O)cc1. The van der Waals surface area contributed by atoms with Gasteiger partial charge >= 0.3 is 5.97 Å². The summed E-state index contributed by atoms with van der Waals surface area (Å²) >= 11 is 1.69. The topological polar surface area (TPSA) is 46.5 Å². The van der Waals surface area contributed by atoms with Gasteiger partial charge in [0.2, 0.25) is 0 Å². The molecule has 0 saturated heterocycles. The molecule has 2 unspecified atom stereocenters. The van der Waals surface area contributed by atoms with Crippen LogP contribution in [0.1, 0.15) is 29.8 Å². The lowest BCUT2D eigenvalue weighted by atomic mass is 10.1. The molecule has 0 aliphatic carbocycles. The number of carbonyl (C=O) groups excluding carboxylic acids is 1. The van der Waals surface area contributed by atoms with Crippen molar-refractivity contribution in [3.63, 3.8) is 0 Å². The second-order valence-electron chi connectivity index (χ2n) is 3.95. The van der Waals surface area contributed by atoms with E-state index in [1.165, 1.54) is 7.11 Å². The molecule has 3 nitrogen and oxygen atoms in total. The second-order valence-corrected chi connectivity index (χ2v) is 5.31. The van der Waals surface area contributed by atoms with Gasteiger partial charge in [-0.25, -0.2) is 4.79 Å². The van der Waals surface area contributed by atoms with Crippen molar-refractivity contribution in [2.75, 3.05) is 7.11 Å². The third kappa shape index (κ3) is 4.40. The van der Waals surface area contributed by atoms with Crippen LogP contribution < -0.4 is 0 Å². The molecule has 1 aromatic carbocycles. The standard InChI is InChI=1S/C13H18O3S/c1-9(14)10(2)17-8-11-4-6-12(7-5-11)13(15)16-3/h4-7,9-10,14H,8H2,1-3H3. The highest BCUT2D eigenvalue weighted by Gasteiger charge is 2.09. The second kappa shape index (κ2) is 6.67. The number of esters is 1. The number of aliphatic hydroxyl groups excluding tert-OH is 1. The van der Waals surface area contributed by atoms with Gasteiger partial charge in [-0.05, 0) is 24.6 Å². The molecule has 0 radical (unpaired) electrons. The van der Waals surface area contributed by atoms with Crippen molar-refractivity contribution >= 4 is 17.7 Å². The number of aliphatic hydroxyl groups is 1. The summed E-state index contributed by atoms with van der Waals surface area (Å²) in [4.78, 5) is 11.2. The first kappa shape index (κ1) is 14.1. The maximum Gasteiger partial charge on any atom is 0.337 e. The number of carbonyl (C=O) groups is 1. The Balaban J connectivity index is 2.54. The predicted molar refractivity (Wildman–Crippen MR) is 70.2 cm³/mol. The quantitative estimate of drug-likeness (QED) is 0.820. The smallest absolute Gasteiger partial charge is 0.337 e. The molecule has 0 saturated carbocycles. The number of hydrogen-bond acceptors (Lipinski definition) is 4. The van der Waals surface area contributed by atoms with Crippen LogP contribution in [-0.2, 0) is 10.5 Å². The molecule has 0 spiro atoms. The number of thioether (sulfide) groups is 1. The average Bonchev–Trinajstić information content (AvgIpc) is 2.35. The third-order valence-electron chi connectivity index (χ3n) is 2.57. The van der Waals surface area contributed by atoms with Crippen molar-refractivity contribution in [1.29, 1.82) is 0 Å². The highest BCUT2D eigenvalue weighted by atomic mass is 32.2. The summed E-state index contributed by atoms with van der Waals surface area (Å²) in [6.07, 6.45) is -0.311. The highest BCUT2D eigenvalue weighted by molar-refractivity contribution is 7.99. The van der Waals surface area contributed by atoms with E-state index in [-0.39, 0.29) is 17.3 Å². The van der Waals surface area contributed by atoms with Gasteiger partial charge in [0, 0.05) is 11.0 Å². The maximum absolute atomic E-state index is 11.2. The van der Waals surface area contributed by atoms with Crippen LogP contribution in [0.2, 0.25) is 0 Å². The fourth-order valence-corrected chi connectivity index (χ4v) is 2.15. The molecule has 0 aliphatic rings. The van der Waals surface area contributed by atoms with Gasteiger partial charge in [0.25, 0.3) is 0 Å². The van der Waals surface area contributed by atoms with E-state index in [1.54, 1.807) is 30.8 Å². The largest absolute Gasteiger partial charge is 0.465 e. The van der Waals surface area contributed by atoms with Crippen molar-refractivity contribution < 1.29 is 14.6 Å². The van der Waals surface area contributed by atoms with E-state index < -0.39 is 0 Å². The van der Waals surface area contributed by atoms with Crippen LogP contribution in [0.5, 0.6) is 0 Å². The molecule has 0 aromatic heterocycles. The Hall–Kier alpha value is -1.00. The first-order valence-electron chi connectivity index (χ1n) is 5.51. The molecule has 0 bridgehead atoms. The first-order chi connectivity index (χ1) is 8.04. The zero-order valence-electron chi connectivity index (χ0n) is 10.3. The lowest BCUT2D eigenvalue weighted by Crippen LogP contribution is -2.15. The van der Waals surface area contributed by atoms with Crippen LogP contribution in [0, 0.1) is 0 Å². The number of ether oxygens (including phenoxy) is 1. The minimum atomic E-state index is -0.318. The van der Waals surface area contributed by atoms with E-state index >= 15 is 0 Å². The van der Waals surface area contributed by atoms with Gasteiger partial charge in [-0.1, -0.05) is 19.1 Å². The Morgan fingerprint density at radius 2 is 1.94 bits per heavy atom. The van der Waals surface area contributed by atoms with Crippen LogP contribution in [0.25, 0.3) is 0 Å². The van der Waals surface area contributed by atoms with Crippen molar-refractivity contribution in [2.24, 2.45) is 0 Å². The molecule has 94 valence electrons. The molecule has 0 heterocycles. The van der Waals surface area contributed by atoms with Crippen LogP contribution in [-0.4, -0.2) is 29.5 Å². The van der Waals surface area contributed by atoms with E-state index in [9.17, 15) is 9.90 Å². The van der Waals surface area contributed by atoms with Crippen LogP contribution >= 0.6 is 11.8 Å². The van der Waals surface area contributed by atoms with Crippen molar-refractivity contribution in [3.8, 4) is 0 Å². The Bertz CT molecular complexity index is 359. The number of benzene rings is 1. The van der Waals surface area contributed by atoms with E-state index in [0.717, 1.165) is 11.3 Å². The molecule has 1 aromatic rings. The molecule has 0 amide bonds. The van der Waals surface area contributed by atoms with Crippen molar-refractivity contribution in [1.82, 2.24) is 0 Å². The Kier molecular flexibility index (Phi) is 5.51. The zero-order valence-corrected chi connectivity index (χ0v) is 11.2. The van der Waals surface area contributed by atoms with Gasteiger partial charge in [0.15, 0.2) is 0 Å².